The minimum atomic E-state index is -0.974. The number of carbonyl (C=O) groups excluding carboxylic acids is 2. The fourth-order valence-corrected chi connectivity index (χ4v) is 2.80. The molecule has 7 heteroatoms. The predicted molar refractivity (Wildman–Crippen MR) is 98.6 cm³/mol. The summed E-state index contributed by atoms with van der Waals surface area (Å²) >= 11 is 0. The standard InChI is InChI=1S/C19H35NO6/c1-5-7-8-9-10-14(3)11-16(12-17(21)22)13-20-19(24)26-15(4)25-18(23)6-2/h14-16H,5-13H2,1-4H3,(H,20,24)(H,21,22)/t14-,15-,16+/m1/s1. The maximum Gasteiger partial charge on any atom is 0.410 e. The summed E-state index contributed by atoms with van der Waals surface area (Å²) in [5.74, 6) is -1.09. The summed E-state index contributed by atoms with van der Waals surface area (Å²) in [5.41, 5.74) is 0. The third-order valence-electron chi connectivity index (χ3n) is 4.14. The Balaban J connectivity index is 4.28. The summed E-state index contributed by atoms with van der Waals surface area (Å²) in [6.07, 6.45) is 5.06. The fraction of sp³-hybridized carbons (Fsp3) is 0.842. The number of ether oxygens (including phenoxy) is 2. The van der Waals surface area contributed by atoms with Crippen LogP contribution in [0.5, 0.6) is 0 Å². The molecule has 0 aliphatic heterocycles. The summed E-state index contributed by atoms with van der Waals surface area (Å²) in [5, 5.41) is 11.7. The molecular weight excluding hydrogens is 338 g/mol. The molecule has 2 N–H and O–H groups in total. The Kier molecular flexibility index (Phi) is 13.4. The second-order valence-corrected chi connectivity index (χ2v) is 6.85. The first-order chi connectivity index (χ1) is 12.3. The Bertz CT molecular complexity index is 426. The van der Waals surface area contributed by atoms with E-state index in [1.807, 2.05) is 0 Å². The summed E-state index contributed by atoms with van der Waals surface area (Å²) in [4.78, 5) is 34.0. The van der Waals surface area contributed by atoms with Crippen LogP contribution >= 0.6 is 0 Å². The van der Waals surface area contributed by atoms with Crippen molar-refractivity contribution in [2.75, 3.05) is 6.54 Å². The van der Waals surface area contributed by atoms with Crippen LogP contribution in [0.25, 0.3) is 0 Å². The van der Waals surface area contributed by atoms with Gasteiger partial charge in [0, 0.05) is 26.3 Å². The van der Waals surface area contributed by atoms with Gasteiger partial charge in [-0.2, -0.15) is 0 Å². The van der Waals surface area contributed by atoms with E-state index in [2.05, 4.69) is 19.2 Å². The highest BCUT2D eigenvalue weighted by Gasteiger charge is 2.19. The van der Waals surface area contributed by atoms with E-state index in [9.17, 15) is 14.4 Å². The average Bonchev–Trinajstić information content (AvgIpc) is 2.55. The lowest BCUT2D eigenvalue weighted by Gasteiger charge is -2.21. The molecule has 0 rings (SSSR count). The van der Waals surface area contributed by atoms with Gasteiger partial charge in [0.2, 0.25) is 6.29 Å². The molecule has 0 aromatic carbocycles. The summed E-state index contributed by atoms with van der Waals surface area (Å²) in [7, 11) is 0. The molecule has 0 spiro atoms. The number of carboxylic acids is 1. The highest BCUT2D eigenvalue weighted by atomic mass is 16.7. The molecule has 0 aliphatic carbocycles. The Hall–Kier alpha value is -1.79. The highest BCUT2D eigenvalue weighted by Crippen LogP contribution is 2.21. The Morgan fingerprint density at radius 2 is 1.73 bits per heavy atom. The number of aliphatic carboxylic acids is 1. The van der Waals surface area contributed by atoms with Crippen LogP contribution in [0.2, 0.25) is 0 Å². The maximum absolute atomic E-state index is 11.8. The van der Waals surface area contributed by atoms with Gasteiger partial charge in [-0.3, -0.25) is 9.59 Å². The lowest BCUT2D eigenvalue weighted by molar-refractivity contribution is -0.164. The van der Waals surface area contributed by atoms with Gasteiger partial charge in [0.05, 0.1) is 0 Å². The average molecular weight is 373 g/mol. The lowest BCUT2D eigenvalue weighted by Crippen LogP contribution is -2.34. The van der Waals surface area contributed by atoms with Crippen LogP contribution in [0.1, 0.15) is 79.1 Å². The molecular formula is C19H35NO6. The zero-order valence-corrected chi connectivity index (χ0v) is 16.6. The van der Waals surface area contributed by atoms with Crippen LogP contribution in [-0.2, 0) is 19.1 Å². The van der Waals surface area contributed by atoms with E-state index < -0.39 is 24.3 Å². The molecule has 0 fully saturated rings. The molecule has 7 nitrogen and oxygen atoms in total. The van der Waals surface area contributed by atoms with Crippen LogP contribution in [0.3, 0.4) is 0 Å². The number of alkyl carbamates (subject to hydrolysis) is 1. The van der Waals surface area contributed by atoms with Crippen molar-refractivity contribution in [1.82, 2.24) is 5.32 Å². The molecule has 1 amide bonds. The van der Waals surface area contributed by atoms with E-state index in [4.69, 9.17) is 14.6 Å². The van der Waals surface area contributed by atoms with E-state index >= 15 is 0 Å². The zero-order valence-electron chi connectivity index (χ0n) is 16.6. The van der Waals surface area contributed by atoms with Gasteiger partial charge in [-0.05, 0) is 18.3 Å². The summed E-state index contributed by atoms with van der Waals surface area (Å²) < 4.78 is 9.79. The Labute approximate surface area is 156 Å². The minimum absolute atomic E-state index is 0.0000454. The van der Waals surface area contributed by atoms with Gasteiger partial charge >= 0.3 is 18.0 Å². The van der Waals surface area contributed by atoms with Crippen LogP contribution in [0, 0.1) is 11.8 Å². The molecule has 0 unspecified atom stereocenters. The molecule has 0 radical (unpaired) electrons. The predicted octanol–water partition coefficient (Wildman–Crippen LogP) is 4.10. The minimum Gasteiger partial charge on any atom is -0.481 e. The molecule has 26 heavy (non-hydrogen) atoms. The van der Waals surface area contributed by atoms with Gasteiger partial charge in [-0.25, -0.2) is 4.79 Å². The van der Waals surface area contributed by atoms with Crippen molar-refractivity contribution in [3.8, 4) is 0 Å². The monoisotopic (exact) mass is 373 g/mol. The number of carbonyl (C=O) groups is 3. The highest BCUT2D eigenvalue weighted by molar-refractivity contribution is 5.70. The van der Waals surface area contributed by atoms with Gasteiger partial charge in [-0.1, -0.05) is 52.9 Å². The van der Waals surface area contributed by atoms with Crippen molar-refractivity contribution in [2.24, 2.45) is 11.8 Å². The quantitative estimate of drug-likeness (QED) is 0.270. The number of amides is 1. The van der Waals surface area contributed by atoms with Crippen molar-refractivity contribution in [1.29, 1.82) is 0 Å². The van der Waals surface area contributed by atoms with E-state index in [1.165, 1.54) is 26.2 Å². The molecule has 0 heterocycles. The number of rotatable bonds is 14. The topological polar surface area (TPSA) is 102 Å². The number of esters is 1. The number of hydrogen-bond acceptors (Lipinski definition) is 5. The first-order valence-electron chi connectivity index (χ1n) is 9.64. The van der Waals surface area contributed by atoms with Crippen molar-refractivity contribution in [3.63, 3.8) is 0 Å². The molecule has 0 bridgehead atoms. The lowest BCUT2D eigenvalue weighted by atomic mass is 9.89. The van der Waals surface area contributed by atoms with Crippen molar-refractivity contribution < 1.29 is 29.0 Å². The number of hydrogen-bond donors (Lipinski definition) is 2. The second-order valence-electron chi connectivity index (χ2n) is 6.85. The molecule has 152 valence electrons. The van der Waals surface area contributed by atoms with Gasteiger partial charge in [-0.15, -0.1) is 0 Å². The summed E-state index contributed by atoms with van der Waals surface area (Å²) in [6.45, 7) is 7.61. The van der Waals surface area contributed by atoms with Crippen LogP contribution in [0.4, 0.5) is 4.79 Å². The largest absolute Gasteiger partial charge is 0.481 e. The Morgan fingerprint density at radius 1 is 1.04 bits per heavy atom. The molecule has 0 aromatic heterocycles. The van der Waals surface area contributed by atoms with E-state index in [0.29, 0.717) is 5.92 Å². The Morgan fingerprint density at radius 3 is 2.31 bits per heavy atom. The SMILES string of the molecule is CCCCCC[C@@H](C)C[C@H](CNC(=O)O[C@H](C)OC(=O)CC)CC(=O)O. The fourth-order valence-electron chi connectivity index (χ4n) is 2.80. The first-order valence-corrected chi connectivity index (χ1v) is 9.64. The molecule has 0 aromatic rings. The van der Waals surface area contributed by atoms with Crippen LogP contribution < -0.4 is 5.32 Å². The smallest absolute Gasteiger partial charge is 0.410 e. The second kappa shape index (κ2) is 14.4. The van der Waals surface area contributed by atoms with E-state index in [-0.39, 0.29) is 25.3 Å². The van der Waals surface area contributed by atoms with Crippen molar-refractivity contribution in [3.05, 3.63) is 0 Å². The van der Waals surface area contributed by atoms with E-state index in [0.717, 1.165) is 19.3 Å². The van der Waals surface area contributed by atoms with Crippen molar-refractivity contribution in [2.45, 2.75) is 85.4 Å². The third-order valence-corrected chi connectivity index (χ3v) is 4.14. The maximum atomic E-state index is 11.8. The molecule has 0 saturated heterocycles. The molecule has 0 aliphatic rings. The van der Waals surface area contributed by atoms with Crippen LogP contribution in [-0.4, -0.2) is 36.0 Å². The number of carboxylic acid groups (broad SMARTS) is 1. The van der Waals surface area contributed by atoms with E-state index in [1.54, 1.807) is 6.92 Å². The zero-order chi connectivity index (χ0) is 19.9. The van der Waals surface area contributed by atoms with Crippen molar-refractivity contribution >= 4 is 18.0 Å². The molecule has 3 atom stereocenters. The van der Waals surface area contributed by atoms with Gasteiger partial charge in [0.25, 0.3) is 0 Å². The summed E-state index contributed by atoms with van der Waals surface area (Å²) in [6, 6.07) is 0. The normalized spacial score (nSPS) is 14.2. The first kappa shape index (κ1) is 24.2. The van der Waals surface area contributed by atoms with Gasteiger partial charge < -0.3 is 19.9 Å². The molecule has 0 saturated carbocycles. The number of unbranched alkanes of at least 4 members (excludes halogenated alkanes) is 3. The van der Waals surface area contributed by atoms with Crippen LogP contribution in [0.15, 0.2) is 0 Å². The third kappa shape index (κ3) is 13.5. The van der Waals surface area contributed by atoms with Gasteiger partial charge in [0.15, 0.2) is 0 Å². The number of nitrogens with one attached hydrogen (secondary N) is 1. The van der Waals surface area contributed by atoms with Gasteiger partial charge in [0.1, 0.15) is 0 Å².